The molecule has 6 nitrogen and oxygen atoms in total. The van der Waals surface area contributed by atoms with Gasteiger partial charge in [0.05, 0.1) is 0 Å². The summed E-state index contributed by atoms with van der Waals surface area (Å²) in [6.45, 7) is 0. The fourth-order valence-corrected chi connectivity index (χ4v) is 1.40. The molecule has 0 unspecified atom stereocenters. The molecule has 2 heterocycles. The molecular weight excluding hydrogens is 234 g/mol. The molecule has 2 aliphatic rings. The number of halogens is 2. The number of rotatable bonds is 1. The lowest BCUT2D eigenvalue weighted by molar-refractivity contribution is -0.286. The minimum Gasteiger partial charge on any atom is -0.395 e. The van der Waals surface area contributed by atoms with Crippen LogP contribution in [0.15, 0.2) is 28.4 Å². The van der Waals surface area contributed by atoms with Gasteiger partial charge in [0.2, 0.25) is 5.96 Å². The normalized spacial score (nSPS) is 18.8. The van der Waals surface area contributed by atoms with E-state index in [4.69, 9.17) is 0 Å². The summed E-state index contributed by atoms with van der Waals surface area (Å²) in [4.78, 5) is 0. The topological polar surface area (TPSA) is 69.3 Å². The van der Waals surface area contributed by atoms with Crippen LogP contribution in [-0.4, -0.2) is 18.6 Å². The molecule has 1 aromatic carbocycles. The van der Waals surface area contributed by atoms with E-state index in [0.717, 1.165) is 0 Å². The van der Waals surface area contributed by atoms with Crippen molar-refractivity contribution in [1.82, 2.24) is 5.32 Å². The average Bonchev–Trinajstić information content (AvgIpc) is 2.83. The number of fused-ring (bicyclic) bond motifs is 1. The number of anilines is 1. The molecular formula is C9H5F2N4O2. The van der Waals surface area contributed by atoms with E-state index >= 15 is 0 Å². The molecule has 17 heavy (non-hydrogen) atoms. The van der Waals surface area contributed by atoms with E-state index in [1.54, 1.807) is 6.07 Å². The van der Waals surface area contributed by atoms with Crippen LogP contribution in [-0.2, 0) is 0 Å². The fraction of sp³-hybridized carbons (Fsp3) is 0.111. The summed E-state index contributed by atoms with van der Waals surface area (Å²) in [7, 11) is 0. The summed E-state index contributed by atoms with van der Waals surface area (Å²) in [5.41, 5.74) is 0.498. The van der Waals surface area contributed by atoms with E-state index in [1.165, 1.54) is 18.5 Å². The van der Waals surface area contributed by atoms with Crippen molar-refractivity contribution in [2.24, 2.45) is 10.2 Å². The number of nitrogens with zero attached hydrogens (tertiary/aromatic N) is 3. The van der Waals surface area contributed by atoms with Gasteiger partial charge in [-0.25, -0.2) is 0 Å². The van der Waals surface area contributed by atoms with Crippen LogP contribution >= 0.6 is 0 Å². The van der Waals surface area contributed by atoms with Gasteiger partial charge < -0.3 is 14.8 Å². The Hall–Kier alpha value is -2.38. The van der Waals surface area contributed by atoms with Gasteiger partial charge in [-0.1, -0.05) is 0 Å². The Labute approximate surface area is 93.9 Å². The second-order valence-electron chi connectivity index (χ2n) is 3.24. The predicted molar refractivity (Wildman–Crippen MR) is 54.3 cm³/mol. The number of hydrogen-bond acceptors (Lipinski definition) is 5. The molecule has 0 aliphatic carbocycles. The molecule has 0 saturated carbocycles. The molecule has 0 spiro atoms. The number of hydrogen-bond donors (Lipinski definition) is 1. The highest BCUT2D eigenvalue weighted by atomic mass is 19.3. The molecule has 0 saturated heterocycles. The summed E-state index contributed by atoms with van der Waals surface area (Å²) < 4.78 is 34.1. The van der Waals surface area contributed by atoms with Crippen LogP contribution in [0.3, 0.4) is 0 Å². The molecule has 0 fully saturated rings. The largest absolute Gasteiger partial charge is 0.586 e. The summed E-state index contributed by atoms with van der Waals surface area (Å²) in [6, 6.07) is 4.28. The average molecular weight is 239 g/mol. The predicted octanol–water partition coefficient (Wildman–Crippen LogP) is 1.34. The van der Waals surface area contributed by atoms with Crippen molar-refractivity contribution in [3.63, 3.8) is 0 Å². The van der Waals surface area contributed by atoms with Crippen LogP contribution in [0.1, 0.15) is 0 Å². The van der Waals surface area contributed by atoms with Crippen LogP contribution in [0.25, 0.3) is 0 Å². The first-order valence-electron chi connectivity index (χ1n) is 4.60. The van der Waals surface area contributed by atoms with Gasteiger partial charge in [-0.05, 0) is 12.1 Å². The summed E-state index contributed by atoms with van der Waals surface area (Å²) in [5, 5.41) is 13.7. The van der Waals surface area contributed by atoms with Crippen molar-refractivity contribution < 1.29 is 18.3 Å². The van der Waals surface area contributed by atoms with Gasteiger partial charge >= 0.3 is 6.29 Å². The second kappa shape index (κ2) is 3.30. The first kappa shape index (κ1) is 9.82. The van der Waals surface area contributed by atoms with Gasteiger partial charge in [-0.3, -0.25) is 0 Å². The summed E-state index contributed by atoms with van der Waals surface area (Å²) in [6.07, 6.45) is -2.34. The molecule has 3 rings (SSSR count). The Morgan fingerprint density at radius 2 is 2.00 bits per heavy atom. The van der Waals surface area contributed by atoms with Gasteiger partial charge in [0.25, 0.3) is 0 Å². The molecule has 1 aromatic rings. The third kappa shape index (κ3) is 1.84. The molecule has 0 atom stereocenters. The summed E-state index contributed by atoms with van der Waals surface area (Å²) in [5.74, 6) is 0.220. The maximum atomic E-state index is 12.7. The molecule has 2 aliphatic heterocycles. The van der Waals surface area contributed by atoms with E-state index in [2.05, 4.69) is 30.3 Å². The Balaban J connectivity index is 1.81. The number of alkyl halides is 2. The van der Waals surface area contributed by atoms with Crippen molar-refractivity contribution in [2.75, 3.05) is 5.32 Å². The third-order valence-corrected chi connectivity index (χ3v) is 2.04. The maximum Gasteiger partial charge on any atom is 0.586 e. The van der Waals surface area contributed by atoms with E-state index in [9.17, 15) is 8.78 Å². The lowest BCUT2D eigenvalue weighted by Crippen LogP contribution is -2.25. The Bertz CT molecular complexity index is 530. The molecule has 87 valence electrons. The van der Waals surface area contributed by atoms with Crippen molar-refractivity contribution in [1.29, 1.82) is 0 Å². The first-order valence-corrected chi connectivity index (χ1v) is 4.60. The van der Waals surface area contributed by atoms with Crippen molar-refractivity contribution >= 4 is 18.0 Å². The van der Waals surface area contributed by atoms with E-state index in [1.807, 2.05) is 0 Å². The lowest BCUT2D eigenvalue weighted by Gasteiger charge is -2.04. The highest BCUT2D eigenvalue weighted by molar-refractivity contribution is 6.01. The molecule has 1 N–H and O–H groups in total. The zero-order chi connectivity index (χ0) is 11.9. The SMILES string of the molecule is FC1(F)Oc2ccc(NC3=NN=C[N]3)cc2O1. The van der Waals surface area contributed by atoms with E-state index in [0.29, 0.717) is 5.69 Å². The van der Waals surface area contributed by atoms with Crippen molar-refractivity contribution in [3.8, 4) is 11.5 Å². The molecule has 1 radical (unpaired) electrons. The Kier molecular flexibility index (Phi) is 1.91. The fourth-order valence-electron chi connectivity index (χ4n) is 1.40. The Morgan fingerprint density at radius 3 is 2.76 bits per heavy atom. The van der Waals surface area contributed by atoms with Crippen molar-refractivity contribution in [3.05, 3.63) is 18.2 Å². The Morgan fingerprint density at radius 1 is 1.18 bits per heavy atom. The standard InChI is InChI=1S/C9H5F2N4O2/c10-9(11)16-6-2-1-5(3-7(6)17-9)14-8-12-4-13-15-8/h1-4H,(H,14,15). The van der Waals surface area contributed by atoms with Crippen molar-refractivity contribution in [2.45, 2.75) is 6.29 Å². The number of ether oxygens (including phenoxy) is 2. The molecule has 0 amide bonds. The van der Waals surface area contributed by atoms with E-state index < -0.39 is 6.29 Å². The smallest absolute Gasteiger partial charge is 0.395 e. The van der Waals surface area contributed by atoms with Gasteiger partial charge in [0.15, 0.2) is 11.5 Å². The van der Waals surface area contributed by atoms with Gasteiger partial charge in [0, 0.05) is 11.8 Å². The monoisotopic (exact) mass is 239 g/mol. The quantitative estimate of drug-likeness (QED) is 0.803. The minimum atomic E-state index is -3.61. The van der Waals surface area contributed by atoms with Crippen LogP contribution in [0.4, 0.5) is 14.5 Å². The number of nitrogens with one attached hydrogen (secondary N) is 1. The van der Waals surface area contributed by atoms with Gasteiger partial charge in [-0.15, -0.1) is 19.0 Å². The number of benzene rings is 1. The van der Waals surface area contributed by atoms with Crippen LogP contribution in [0.2, 0.25) is 0 Å². The van der Waals surface area contributed by atoms with E-state index in [-0.39, 0.29) is 17.5 Å². The highest BCUT2D eigenvalue weighted by Crippen LogP contribution is 2.42. The summed E-state index contributed by atoms with van der Waals surface area (Å²) >= 11 is 0. The molecule has 0 aromatic heterocycles. The van der Waals surface area contributed by atoms with Crippen LogP contribution < -0.4 is 20.1 Å². The van der Waals surface area contributed by atoms with Crippen LogP contribution in [0, 0.1) is 0 Å². The number of guanidine groups is 1. The lowest BCUT2D eigenvalue weighted by atomic mass is 10.3. The van der Waals surface area contributed by atoms with Gasteiger partial charge in [0.1, 0.15) is 6.34 Å². The third-order valence-electron chi connectivity index (χ3n) is 2.04. The second-order valence-corrected chi connectivity index (χ2v) is 3.24. The van der Waals surface area contributed by atoms with Crippen LogP contribution in [0.5, 0.6) is 11.5 Å². The highest BCUT2D eigenvalue weighted by Gasteiger charge is 2.43. The minimum absolute atomic E-state index is 0.0119. The molecule has 8 heteroatoms. The van der Waals surface area contributed by atoms with Gasteiger partial charge in [-0.2, -0.15) is 5.32 Å². The zero-order valence-corrected chi connectivity index (χ0v) is 8.22. The zero-order valence-electron chi connectivity index (χ0n) is 8.22. The molecule has 0 bridgehead atoms. The first-order chi connectivity index (χ1) is 8.12. The maximum absolute atomic E-state index is 12.7.